The highest BCUT2D eigenvalue weighted by atomic mass is 79.9. The molecule has 1 aromatic carbocycles. The van der Waals surface area contributed by atoms with Crippen molar-refractivity contribution in [1.82, 2.24) is 14.7 Å². The molecule has 0 atom stereocenters. The van der Waals surface area contributed by atoms with E-state index in [1.165, 1.54) is 0 Å². The molecule has 6 heteroatoms. The van der Waals surface area contributed by atoms with Crippen LogP contribution in [0, 0.1) is 0 Å². The third kappa shape index (κ3) is 3.56. The zero-order chi connectivity index (χ0) is 15.5. The summed E-state index contributed by atoms with van der Waals surface area (Å²) in [5.74, 6) is -0.877. The van der Waals surface area contributed by atoms with E-state index in [0.29, 0.717) is 11.6 Å². The molecule has 1 N–H and O–H groups in total. The van der Waals surface area contributed by atoms with E-state index < -0.39 is 5.97 Å². The fourth-order valence-corrected chi connectivity index (χ4v) is 3.17. The SMILES string of the molecule is O=C(O)c1ccc(CN2CCC(n3cc(Br)cn3)CC2)cc1. The van der Waals surface area contributed by atoms with E-state index in [-0.39, 0.29) is 0 Å². The van der Waals surface area contributed by atoms with Crippen LogP contribution in [0.2, 0.25) is 0 Å². The monoisotopic (exact) mass is 363 g/mol. The predicted molar refractivity (Wildman–Crippen MR) is 86.9 cm³/mol. The number of aromatic nitrogens is 2. The van der Waals surface area contributed by atoms with Crippen LogP contribution < -0.4 is 0 Å². The Labute approximate surface area is 137 Å². The van der Waals surface area contributed by atoms with Gasteiger partial charge in [0.2, 0.25) is 0 Å². The fraction of sp³-hybridized carbons (Fsp3) is 0.375. The van der Waals surface area contributed by atoms with Crippen LogP contribution in [-0.2, 0) is 6.54 Å². The molecule has 3 rings (SSSR count). The molecule has 0 saturated carbocycles. The van der Waals surface area contributed by atoms with Crippen molar-refractivity contribution in [3.05, 3.63) is 52.3 Å². The van der Waals surface area contributed by atoms with Gasteiger partial charge >= 0.3 is 5.97 Å². The van der Waals surface area contributed by atoms with Gasteiger partial charge in [-0.1, -0.05) is 12.1 Å². The molecule has 0 bridgehead atoms. The zero-order valence-electron chi connectivity index (χ0n) is 12.2. The molecule has 116 valence electrons. The van der Waals surface area contributed by atoms with Crippen LogP contribution in [0.25, 0.3) is 0 Å². The van der Waals surface area contributed by atoms with Gasteiger partial charge in [-0.2, -0.15) is 5.10 Å². The minimum Gasteiger partial charge on any atom is -0.478 e. The van der Waals surface area contributed by atoms with Crippen LogP contribution in [0.4, 0.5) is 0 Å². The third-order valence-electron chi connectivity index (χ3n) is 4.11. The Bertz CT molecular complexity index is 646. The summed E-state index contributed by atoms with van der Waals surface area (Å²) in [4.78, 5) is 13.3. The Morgan fingerprint density at radius 2 is 1.95 bits per heavy atom. The van der Waals surface area contributed by atoms with E-state index in [1.807, 2.05) is 29.2 Å². The summed E-state index contributed by atoms with van der Waals surface area (Å²) in [6.07, 6.45) is 6.03. The third-order valence-corrected chi connectivity index (χ3v) is 4.52. The summed E-state index contributed by atoms with van der Waals surface area (Å²) in [6.45, 7) is 2.93. The molecule has 1 aliphatic rings. The van der Waals surface area contributed by atoms with Gasteiger partial charge in [0, 0.05) is 25.8 Å². The Hall–Kier alpha value is -1.66. The lowest BCUT2D eigenvalue weighted by Gasteiger charge is -2.32. The Kier molecular flexibility index (Phi) is 4.59. The Balaban J connectivity index is 1.54. The zero-order valence-corrected chi connectivity index (χ0v) is 13.7. The number of nitrogens with zero attached hydrogens (tertiary/aromatic N) is 3. The first kappa shape index (κ1) is 15.2. The van der Waals surface area contributed by atoms with E-state index in [1.54, 1.807) is 12.1 Å². The maximum Gasteiger partial charge on any atom is 0.335 e. The number of hydrogen-bond donors (Lipinski definition) is 1. The first-order chi connectivity index (χ1) is 10.6. The summed E-state index contributed by atoms with van der Waals surface area (Å²) < 4.78 is 3.07. The number of likely N-dealkylation sites (tertiary alicyclic amines) is 1. The van der Waals surface area contributed by atoms with Crippen molar-refractivity contribution >= 4 is 21.9 Å². The molecule has 2 heterocycles. The summed E-state index contributed by atoms with van der Waals surface area (Å²) >= 11 is 3.44. The van der Waals surface area contributed by atoms with Crippen LogP contribution >= 0.6 is 15.9 Å². The van der Waals surface area contributed by atoms with Crippen molar-refractivity contribution in [2.75, 3.05) is 13.1 Å². The lowest BCUT2D eigenvalue weighted by Crippen LogP contribution is -2.34. The molecular formula is C16H18BrN3O2. The molecule has 0 spiro atoms. The molecule has 0 radical (unpaired) electrons. The lowest BCUT2D eigenvalue weighted by atomic mass is 10.0. The van der Waals surface area contributed by atoms with E-state index in [9.17, 15) is 4.79 Å². The van der Waals surface area contributed by atoms with Crippen molar-refractivity contribution < 1.29 is 9.90 Å². The average Bonchev–Trinajstić information content (AvgIpc) is 2.95. The maximum atomic E-state index is 10.9. The number of hydrogen-bond acceptors (Lipinski definition) is 3. The second-order valence-electron chi connectivity index (χ2n) is 5.65. The Morgan fingerprint density at radius 1 is 1.27 bits per heavy atom. The van der Waals surface area contributed by atoms with Gasteiger partial charge < -0.3 is 5.11 Å². The summed E-state index contributed by atoms with van der Waals surface area (Å²) in [6, 6.07) is 7.62. The van der Waals surface area contributed by atoms with Gasteiger partial charge in [-0.15, -0.1) is 0 Å². The molecular weight excluding hydrogens is 346 g/mol. The largest absolute Gasteiger partial charge is 0.478 e. The number of carboxylic acids is 1. The second kappa shape index (κ2) is 6.62. The van der Waals surface area contributed by atoms with Crippen molar-refractivity contribution in [2.24, 2.45) is 0 Å². The maximum absolute atomic E-state index is 10.9. The van der Waals surface area contributed by atoms with Gasteiger partial charge in [0.25, 0.3) is 0 Å². The first-order valence-corrected chi connectivity index (χ1v) is 8.15. The molecule has 0 amide bonds. The smallest absolute Gasteiger partial charge is 0.335 e. The van der Waals surface area contributed by atoms with E-state index >= 15 is 0 Å². The summed E-state index contributed by atoms with van der Waals surface area (Å²) in [5, 5.41) is 13.3. The number of benzene rings is 1. The second-order valence-corrected chi connectivity index (χ2v) is 6.56. The highest BCUT2D eigenvalue weighted by Crippen LogP contribution is 2.24. The van der Waals surface area contributed by atoms with Crippen LogP contribution in [0.5, 0.6) is 0 Å². The van der Waals surface area contributed by atoms with Crippen LogP contribution in [0.3, 0.4) is 0 Å². The number of aromatic carboxylic acids is 1. The van der Waals surface area contributed by atoms with Gasteiger partial charge in [-0.05, 0) is 46.5 Å². The molecule has 0 aliphatic carbocycles. The van der Waals surface area contributed by atoms with Gasteiger partial charge in [0.15, 0.2) is 0 Å². The predicted octanol–water partition coefficient (Wildman–Crippen LogP) is 3.18. The van der Waals surface area contributed by atoms with Crippen molar-refractivity contribution in [2.45, 2.75) is 25.4 Å². The van der Waals surface area contributed by atoms with Crippen molar-refractivity contribution in [3.8, 4) is 0 Å². The number of carbonyl (C=O) groups is 1. The lowest BCUT2D eigenvalue weighted by molar-refractivity contribution is 0.0697. The molecule has 22 heavy (non-hydrogen) atoms. The number of halogens is 1. The standard InChI is InChI=1S/C16H18BrN3O2/c17-14-9-18-20(11-14)15-5-7-19(8-6-15)10-12-1-3-13(4-2-12)16(21)22/h1-4,9,11,15H,5-8,10H2,(H,21,22). The summed E-state index contributed by atoms with van der Waals surface area (Å²) in [5.41, 5.74) is 1.50. The van der Waals surface area contributed by atoms with Gasteiger partial charge in [-0.3, -0.25) is 9.58 Å². The topological polar surface area (TPSA) is 58.4 Å². The highest BCUT2D eigenvalue weighted by molar-refractivity contribution is 9.10. The van der Waals surface area contributed by atoms with Gasteiger partial charge in [0.05, 0.1) is 22.3 Å². The number of carboxylic acid groups (broad SMARTS) is 1. The molecule has 1 saturated heterocycles. The van der Waals surface area contributed by atoms with Crippen LogP contribution in [-0.4, -0.2) is 38.8 Å². The van der Waals surface area contributed by atoms with E-state index in [2.05, 4.69) is 25.9 Å². The molecule has 2 aromatic rings. The molecule has 1 fully saturated rings. The van der Waals surface area contributed by atoms with E-state index in [0.717, 1.165) is 42.5 Å². The first-order valence-electron chi connectivity index (χ1n) is 7.36. The minimum absolute atomic E-state index is 0.340. The fourth-order valence-electron chi connectivity index (χ4n) is 2.87. The van der Waals surface area contributed by atoms with Crippen LogP contribution in [0.1, 0.15) is 34.8 Å². The molecule has 0 unspecified atom stereocenters. The molecule has 1 aromatic heterocycles. The quantitative estimate of drug-likeness (QED) is 0.905. The van der Waals surface area contributed by atoms with Gasteiger partial charge in [0.1, 0.15) is 0 Å². The average molecular weight is 364 g/mol. The van der Waals surface area contributed by atoms with E-state index in [4.69, 9.17) is 5.11 Å². The molecule has 5 nitrogen and oxygen atoms in total. The Morgan fingerprint density at radius 3 is 2.50 bits per heavy atom. The number of piperidine rings is 1. The molecule has 1 aliphatic heterocycles. The highest BCUT2D eigenvalue weighted by Gasteiger charge is 2.21. The van der Waals surface area contributed by atoms with Crippen LogP contribution in [0.15, 0.2) is 41.1 Å². The van der Waals surface area contributed by atoms with Crippen molar-refractivity contribution in [1.29, 1.82) is 0 Å². The summed E-state index contributed by atoms with van der Waals surface area (Å²) in [7, 11) is 0. The minimum atomic E-state index is -0.877. The van der Waals surface area contributed by atoms with Gasteiger partial charge in [-0.25, -0.2) is 4.79 Å². The normalized spacial score (nSPS) is 16.8. The van der Waals surface area contributed by atoms with Crippen molar-refractivity contribution in [3.63, 3.8) is 0 Å². The number of rotatable bonds is 4.